The fourth-order valence-corrected chi connectivity index (χ4v) is 5.66. The first-order chi connectivity index (χ1) is 21.2. The lowest BCUT2D eigenvalue weighted by molar-refractivity contribution is -0.124. The average Bonchev–Trinajstić information content (AvgIpc) is 3.83. The van der Waals surface area contributed by atoms with Crippen molar-refractivity contribution < 1.29 is 18.7 Å². The largest absolute Gasteiger partial charge is 0.456 e. The fourth-order valence-electron chi connectivity index (χ4n) is 5.47. The molecule has 2 aromatic heterocycles. The highest BCUT2D eigenvalue weighted by atomic mass is 35.5. The molecule has 0 saturated heterocycles. The highest BCUT2D eigenvalue weighted by Crippen LogP contribution is 2.42. The third-order valence-corrected chi connectivity index (χ3v) is 8.47. The predicted octanol–water partition coefficient (Wildman–Crippen LogP) is 6.24. The van der Waals surface area contributed by atoms with Gasteiger partial charge in [-0.05, 0) is 64.2 Å². The Labute approximate surface area is 262 Å². The standard InChI is InChI=1S/C34H36ClN5O4/c1-22-24-19-32(26(35)20-31(24)43-29(22)11-12-33(41)38(4)16-15-37(2)3)44-30-13-14-36-21-25(30)34(42)40-18-17-39(23-9-10-23)27-7-5-6-8-28(27)40/h5-8,11-14,19-21,23H,9-10,15-18H2,1-4H3/b12-11+. The Morgan fingerprint density at radius 3 is 2.59 bits per heavy atom. The van der Waals surface area contributed by atoms with Crippen molar-refractivity contribution in [1.29, 1.82) is 0 Å². The number of carbonyl (C=O) groups is 2. The Hall–Kier alpha value is -4.34. The van der Waals surface area contributed by atoms with Gasteiger partial charge in [0, 0.05) is 74.8 Å². The molecular formula is C34H36ClN5O4. The lowest BCUT2D eigenvalue weighted by atomic mass is 10.1. The van der Waals surface area contributed by atoms with Gasteiger partial charge in [-0.15, -0.1) is 0 Å². The molecule has 2 aromatic carbocycles. The van der Waals surface area contributed by atoms with Crippen molar-refractivity contribution in [2.45, 2.75) is 25.8 Å². The second-order valence-electron chi connectivity index (χ2n) is 11.6. The lowest BCUT2D eigenvalue weighted by Gasteiger charge is -2.38. The number of anilines is 2. The lowest BCUT2D eigenvalue weighted by Crippen LogP contribution is -2.45. The van der Waals surface area contributed by atoms with E-state index in [0.29, 0.717) is 52.6 Å². The minimum Gasteiger partial charge on any atom is -0.456 e. The molecule has 1 aliphatic carbocycles. The summed E-state index contributed by atoms with van der Waals surface area (Å²) in [6, 6.07) is 13.8. The van der Waals surface area contributed by atoms with Gasteiger partial charge in [0.25, 0.3) is 5.91 Å². The number of hydrogen-bond donors (Lipinski definition) is 0. The number of nitrogens with zero attached hydrogens (tertiary/aromatic N) is 5. The molecule has 10 heteroatoms. The third-order valence-electron chi connectivity index (χ3n) is 8.17. The first-order valence-corrected chi connectivity index (χ1v) is 15.2. The van der Waals surface area contributed by atoms with Gasteiger partial charge >= 0.3 is 0 Å². The van der Waals surface area contributed by atoms with E-state index in [1.165, 1.54) is 18.9 Å². The van der Waals surface area contributed by atoms with Crippen molar-refractivity contribution in [3.63, 3.8) is 0 Å². The van der Waals surface area contributed by atoms with Crippen LogP contribution in [0.25, 0.3) is 17.0 Å². The van der Waals surface area contributed by atoms with Gasteiger partial charge in [-0.1, -0.05) is 23.7 Å². The molecule has 44 heavy (non-hydrogen) atoms. The maximum atomic E-state index is 14.0. The van der Waals surface area contributed by atoms with Crippen LogP contribution in [-0.2, 0) is 4.79 Å². The summed E-state index contributed by atoms with van der Waals surface area (Å²) < 4.78 is 12.3. The molecule has 4 aromatic rings. The molecule has 0 atom stereocenters. The molecule has 3 heterocycles. The van der Waals surface area contributed by atoms with Crippen LogP contribution in [-0.4, -0.2) is 80.0 Å². The molecule has 1 fully saturated rings. The van der Waals surface area contributed by atoms with Crippen LogP contribution < -0.4 is 14.5 Å². The fraction of sp³-hybridized carbons (Fsp3) is 0.324. The summed E-state index contributed by atoms with van der Waals surface area (Å²) >= 11 is 6.66. The summed E-state index contributed by atoms with van der Waals surface area (Å²) in [5.74, 6) is 1.02. The highest BCUT2D eigenvalue weighted by molar-refractivity contribution is 6.32. The van der Waals surface area contributed by atoms with Crippen molar-refractivity contribution in [2.24, 2.45) is 0 Å². The van der Waals surface area contributed by atoms with Gasteiger partial charge in [-0.2, -0.15) is 0 Å². The van der Waals surface area contributed by atoms with Gasteiger partial charge in [0.05, 0.1) is 16.4 Å². The van der Waals surface area contributed by atoms with E-state index in [9.17, 15) is 9.59 Å². The third kappa shape index (κ3) is 6.02. The van der Waals surface area contributed by atoms with Gasteiger partial charge in [-0.25, -0.2) is 0 Å². The van der Waals surface area contributed by atoms with Crippen molar-refractivity contribution >= 4 is 51.8 Å². The summed E-state index contributed by atoms with van der Waals surface area (Å²) in [6.07, 6.45) is 8.70. The van der Waals surface area contributed by atoms with Gasteiger partial charge in [0.15, 0.2) is 0 Å². The number of benzene rings is 2. The zero-order valence-electron chi connectivity index (χ0n) is 25.4. The number of aromatic nitrogens is 1. The first kappa shape index (κ1) is 29.7. The van der Waals surface area contributed by atoms with E-state index >= 15 is 0 Å². The van der Waals surface area contributed by atoms with Crippen molar-refractivity contribution in [2.75, 3.05) is 57.1 Å². The summed E-state index contributed by atoms with van der Waals surface area (Å²) in [4.78, 5) is 38.7. The smallest absolute Gasteiger partial charge is 0.263 e. The zero-order chi connectivity index (χ0) is 31.0. The Morgan fingerprint density at radius 1 is 1.07 bits per heavy atom. The number of aryl methyl sites for hydroxylation is 1. The number of halogens is 1. The Bertz CT molecular complexity index is 1750. The molecule has 228 valence electrons. The quantitative estimate of drug-likeness (QED) is 0.207. The van der Waals surface area contributed by atoms with Crippen LogP contribution in [0, 0.1) is 6.92 Å². The molecule has 1 saturated carbocycles. The van der Waals surface area contributed by atoms with Crippen molar-refractivity contribution in [3.05, 3.63) is 82.8 Å². The molecule has 0 bridgehead atoms. The first-order valence-electron chi connectivity index (χ1n) is 14.8. The topological polar surface area (TPSA) is 82.4 Å². The second-order valence-corrected chi connectivity index (χ2v) is 12.0. The van der Waals surface area contributed by atoms with Gasteiger partial charge < -0.3 is 28.8 Å². The van der Waals surface area contributed by atoms with Crippen LogP contribution in [0.4, 0.5) is 11.4 Å². The number of ether oxygens (including phenoxy) is 1. The molecule has 9 nitrogen and oxygen atoms in total. The number of likely N-dealkylation sites (N-methyl/N-ethyl adjacent to an activating group) is 2. The molecule has 1 aliphatic heterocycles. The van der Waals surface area contributed by atoms with E-state index in [0.717, 1.165) is 35.4 Å². The Kier molecular flexibility index (Phi) is 8.33. The summed E-state index contributed by atoms with van der Waals surface area (Å²) in [6.45, 7) is 4.67. The van der Waals surface area contributed by atoms with Crippen LogP contribution in [0.2, 0.25) is 5.02 Å². The zero-order valence-corrected chi connectivity index (χ0v) is 26.2. The molecule has 2 aliphatic rings. The van der Waals surface area contributed by atoms with Crippen LogP contribution in [0.1, 0.15) is 34.5 Å². The minimum absolute atomic E-state index is 0.111. The molecule has 0 unspecified atom stereocenters. The van der Waals surface area contributed by atoms with E-state index < -0.39 is 0 Å². The number of para-hydroxylation sites is 2. The maximum absolute atomic E-state index is 14.0. The van der Waals surface area contributed by atoms with Crippen LogP contribution in [0.3, 0.4) is 0 Å². The number of fused-ring (bicyclic) bond motifs is 2. The van der Waals surface area contributed by atoms with E-state index in [1.807, 2.05) is 44.1 Å². The van der Waals surface area contributed by atoms with Gasteiger partial charge in [-0.3, -0.25) is 14.6 Å². The number of hydrogen-bond acceptors (Lipinski definition) is 7. The monoisotopic (exact) mass is 613 g/mol. The normalized spacial score (nSPS) is 14.9. The molecule has 0 spiro atoms. The molecule has 2 amide bonds. The Morgan fingerprint density at radius 2 is 1.84 bits per heavy atom. The molecule has 0 radical (unpaired) electrons. The number of pyridine rings is 1. The number of amides is 2. The highest BCUT2D eigenvalue weighted by Gasteiger charge is 2.36. The summed E-state index contributed by atoms with van der Waals surface area (Å²) in [5.41, 5.74) is 3.74. The van der Waals surface area contributed by atoms with Crippen LogP contribution in [0.5, 0.6) is 11.5 Å². The van der Waals surface area contributed by atoms with E-state index in [4.69, 9.17) is 20.8 Å². The van der Waals surface area contributed by atoms with Crippen molar-refractivity contribution in [3.8, 4) is 11.5 Å². The number of carbonyl (C=O) groups excluding carboxylic acids is 2. The average molecular weight is 614 g/mol. The van der Waals surface area contributed by atoms with E-state index in [1.54, 1.807) is 53.5 Å². The van der Waals surface area contributed by atoms with E-state index in [2.05, 4.69) is 16.0 Å². The molecule has 0 N–H and O–H groups in total. The molecule has 6 rings (SSSR count). The van der Waals surface area contributed by atoms with Crippen LogP contribution in [0.15, 0.2) is 65.4 Å². The van der Waals surface area contributed by atoms with Gasteiger partial charge in [0.2, 0.25) is 5.91 Å². The summed E-state index contributed by atoms with van der Waals surface area (Å²) in [5, 5.41) is 1.13. The second kappa shape index (κ2) is 12.3. The summed E-state index contributed by atoms with van der Waals surface area (Å²) in [7, 11) is 5.72. The van der Waals surface area contributed by atoms with E-state index in [-0.39, 0.29) is 11.8 Å². The van der Waals surface area contributed by atoms with Crippen molar-refractivity contribution in [1.82, 2.24) is 14.8 Å². The molecular weight excluding hydrogens is 578 g/mol. The maximum Gasteiger partial charge on any atom is 0.263 e. The van der Waals surface area contributed by atoms with Crippen LogP contribution >= 0.6 is 11.6 Å². The SMILES string of the molecule is Cc1c(/C=C/C(=O)N(C)CCN(C)C)oc2cc(Cl)c(Oc3ccncc3C(=O)N3CCN(C4CC4)c4ccccc43)cc12. The number of furan rings is 1. The predicted molar refractivity (Wildman–Crippen MR) is 174 cm³/mol. The number of rotatable bonds is 9. The van der Waals surface area contributed by atoms with Gasteiger partial charge in [0.1, 0.15) is 28.4 Å². The Balaban J connectivity index is 1.24. The minimum atomic E-state index is -0.180.